The monoisotopic (exact) mass is 277 g/mol. The van der Waals surface area contributed by atoms with Crippen LogP contribution in [0.15, 0.2) is 10.6 Å². The van der Waals surface area contributed by atoms with Gasteiger partial charge in [-0.25, -0.2) is 4.98 Å². The Labute approximate surface area is 117 Å². The Morgan fingerprint density at radius 2 is 1.95 bits per heavy atom. The maximum atomic E-state index is 5.52. The average molecular weight is 277 g/mol. The molecule has 0 radical (unpaired) electrons. The molecule has 0 amide bonds. The van der Waals surface area contributed by atoms with Crippen molar-refractivity contribution >= 4 is 17.8 Å². The fourth-order valence-corrected chi connectivity index (χ4v) is 1.50. The van der Waals surface area contributed by atoms with Gasteiger partial charge in [0.2, 0.25) is 23.7 Å². The summed E-state index contributed by atoms with van der Waals surface area (Å²) in [5, 5.41) is 5.99. The van der Waals surface area contributed by atoms with Crippen molar-refractivity contribution in [2.75, 3.05) is 36.7 Å². The maximum absolute atomic E-state index is 5.52. The molecule has 2 heterocycles. The van der Waals surface area contributed by atoms with Crippen molar-refractivity contribution in [3.8, 4) is 0 Å². The lowest BCUT2D eigenvalue weighted by atomic mass is 10.4. The van der Waals surface area contributed by atoms with Crippen LogP contribution in [0.25, 0.3) is 0 Å². The fourth-order valence-electron chi connectivity index (χ4n) is 1.50. The van der Waals surface area contributed by atoms with E-state index in [1.165, 1.54) is 0 Å². The highest BCUT2D eigenvalue weighted by molar-refractivity contribution is 5.42. The largest absolute Gasteiger partial charge is 0.444 e. The van der Waals surface area contributed by atoms with Gasteiger partial charge in [-0.15, -0.1) is 0 Å². The topological polar surface area (TPSA) is 92.0 Å². The van der Waals surface area contributed by atoms with Gasteiger partial charge in [-0.1, -0.05) is 6.92 Å². The minimum atomic E-state index is 0.431. The molecular weight excluding hydrogens is 258 g/mol. The summed E-state index contributed by atoms with van der Waals surface area (Å²) in [7, 11) is 5.51. The summed E-state index contributed by atoms with van der Waals surface area (Å²) in [5.74, 6) is 3.03. The van der Waals surface area contributed by atoms with E-state index in [1.807, 2.05) is 25.9 Å². The van der Waals surface area contributed by atoms with Gasteiger partial charge in [-0.3, -0.25) is 0 Å². The number of aromatic nitrogens is 4. The van der Waals surface area contributed by atoms with Crippen molar-refractivity contribution in [2.24, 2.45) is 0 Å². The Morgan fingerprint density at radius 1 is 1.20 bits per heavy atom. The lowest BCUT2D eigenvalue weighted by molar-refractivity contribution is 0.465. The predicted molar refractivity (Wildman–Crippen MR) is 76.9 cm³/mol. The number of anilines is 3. The van der Waals surface area contributed by atoms with Crippen LogP contribution in [0.4, 0.5) is 17.8 Å². The van der Waals surface area contributed by atoms with E-state index in [-0.39, 0.29) is 0 Å². The van der Waals surface area contributed by atoms with Crippen molar-refractivity contribution < 1.29 is 4.42 Å². The highest BCUT2D eigenvalue weighted by Crippen LogP contribution is 2.12. The SMILES string of the molecule is CCc1cnc(CNc2nc(NC)nc(N(C)C)n2)o1. The molecule has 0 unspecified atom stereocenters. The molecule has 20 heavy (non-hydrogen) atoms. The third kappa shape index (κ3) is 3.34. The van der Waals surface area contributed by atoms with Gasteiger partial charge in [0.15, 0.2) is 0 Å². The predicted octanol–water partition coefficient (Wildman–Crippen LogP) is 1.14. The summed E-state index contributed by atoms with van der Waals surface area (Å²) < 4.78 is 5.52. The standard InChI is InChI=1S/C12H19N7O/c1-5-8-6-14-9(20-8)7-15-11-16-10(13-2)17-12(18-11)19(3)4/h6H,5,7H2,1-4H3,(H2,13,15,16,17,18). The van der Waals surface area contributed by atoms with Gasteiger partial charge in [0.05, 0.1) is 12.7 Å². The molecule has 0 bridgehead atoms. The molecule has 0 aliphatic rings. The smallest absolute Gasteiger partial charge is 0.231 e. The van der Waals surface area contributed by atoms with E-state index in [1.54, 1.807) is 13.2 Å². The number of oxazole rings is 1. The van der Waals surface area contributed by atoms with E-state index in [9.17, 15) is 0 Å². The quantitative estimate of drug-likeness (QED) is 0.812. The lowest BCUT2D eigenvalue weighted by Gasteiger charge is -2.12. The first-order chi connectivity index (χ1) is 9.62. The highest BCUT2D eigenvalue weighted by atomic mass is 16.4. The van der Waals surface area contributed by atoms with Gasteiger partial charge in [0.25, 0.3) is 0 Å². The van der Waals surface area contributed by atoms with Crippen LogP contribution in [0.2, 0.25) is 0 Å². The number of hydrogen-bond donors (Lipinski definition) is 2. The molecule has 0 spiro atoms. The molecule has 0 fully saturated rings. The Balaban J connectivity index is 2.10. The first-order valence-corrected chi connectivity index (χ1v) is 6.41. The number of hydrogen-bond acceptors (Lipinski definition) is 8. The number of nitrogens with one attached hydrogen (secondary N) is 2. The van der Waals surface area contributed by atoms with E-state index in [0.717, 1.165) is 12.2 Å². The molecule has 0 saturated carbocycles. The fraction of sp³-hybridized carbons (Fsp3) is 0.500. The van der Waals surface area contributed by atoms with Crippen molar-refractivity contribution in [1.82, 2.24) is 19.9 Å². The van der Waals surface area contributed by atoms with Crippen LogP contribution in [-0.4, -0.2) is 41.1 Å². The second-order valence-corrected chi connectivity index (χ2v) is 4.35. The minimum Gasteiger partial charge on any atom is -0.444 e. The molecule has 8 heteroatoms. The summed E-state index contributed by atoms with van der Waals surface area (Å²) in [6, 6.07) is 0. The second-order valence-electron chi connectivity index (χ2n) is 4.35. The Morgan fingerprint density at radius 3 is 2.55 bits per heavy atom. The van der Waals surface area contributed by atoms with Crippen molar-refractivity contribution in [2.45, 2.75) is 19.9 Å². The molecular formula is C12H19N7O. The van der Waals surface area contributed by atoms with Crippen LogP contribution >= 0.6 is 0 Å². The third-order valence-corrected chi connectivity index (χ3v) is 2.59. The van der Waals surface area contributed by atoms with Crippen LogP contribution in [0.1, 0.15) is 18.6 Å². The van der Waals surface area contributed by atoms with Crippen LogP contribution < -0.4 is 15.5 Å². The van der Waals surface area contributed by atoms with E-state index < -0.39 is 0 Å². The van der Waals surface area contributed by atoms with Crippen LogP contribution in [0, 0.1) is 0 Å². The summed E-state index contributed by atoms with van der Waals surface area (Å²) in [4.78, 5) is 18.8. The minimum absolute atomic E-state index is 0.431. The molecule has 2 rings (SSSR count). The Kier molecular flexibility index (Phi) is 4.34. The van der Waals surface area contributed by atoms with E-state index in [4.69, 9.17) is 4.42 Å². The molecule has 0 aromatic carbocycles. The number of rotatable bonds is 6. The first kappa shape index (κ1) is 14.0. The second kappa shape index (κ2) is 6.18. The summed E-state index contributed by atoms with van der Waals surface area (Å²) in [6.07, 6.45) is 2.56. The van der Waals surface area contributed by atoms with Gasteiger partial charge >= 0.3 is 0 Å². The maximum Gasteiger partial charge on any atom is 0.231 e. The van der Waals surface area contributed by atoms with Crippen molar-refractivity contribution in [1.29, 1.82) is 0 Å². The lowest BCUT2D eigenvalue weighted by Crippen LogP contribution is -2.16. The van der Waals surface area contributed by atoms with Crippen molar-refractivity contribution in [3.05, 3.63) is 17.8 Å². The number of nitrogens with zero attached hydrogens (tertiary/aromatic N) is 5. The van der Waals surface area contributed by atoms with Gasteiger partial charge in [0, 0.05) is 27.6 Å². The third-order valence-electron chi connectivity index (χ3n) is 2.59. The van der Waals surface area contributed by atoms with E-state index in [2.05, 4.69) is 30.6 Å². The molecule has 0 aliphatic heterocycles. The Hall–Kier alpha value is -2.38. The zero-order chi connectivity index (χ0) is 14.5. The van der Waals surface area contributed by atoms with Crippen LogP contribution in [-0.2, 0) is 13.0 Å². The first-order valence-electron chi connectivity index (χ1n) is 6.41. The molecule has 0 aliphatic carbocycles. The normalized spacial score (nSPS) is 10.4. The molecule has 2 N–H and O–H groups in total. The van der Waals surface area contributed by atoms with Gasteiger partial charge in [0.1, 0.15) is 5.76 Å². The summed E-state index contributed by atoms with van der Waals surface area (Å²) >= 11 is 0. The number of aryl methyl sites for hydroxylation is 1. The average Bonchev–Trinajstić information content (AvgIpc) is 2.92. The Bertz CT molecular complexity index is 567. The molecule has 8 nitrogen and oxygen atoms in total. The molecule has 2 aromatic heterocycles. The molecule has 0 saturated heterocycles. The van der Waals surface area contributed by atoms with Crippen LogP contribution in [0.3, 0.4) is 0 Å². The van der Waals surface area contributed by atoms with E-state index >= 15 is 0 Å². The van der Waals surface area contributed by atoms with Crippen LogP contribution in [0.5, 0.6) is 0 Å². The van der Waals surface area contributed by atoms with E-state index in [0.29, 0.717) is 30.3 Å². The molecule has 2 aromatic rings. The van der Waals surface area contributed by atoms with Gasteiger partial charge in [-0.05, 0) is 0 Å². The molecule has 108 valence electrons. The zero-order valence-electron chi connectivity index (χ0n) is 12.1. The summed E-state index contributed by atoms with van der Waals surface area (Å²) in [5.41, 5.74) is 0. The molecule has 0 atom stereocenters. The zero-order valence-corrected chi connectivity index (χ0v) is 12.1. The van der Waals surface area contributed by atoms with Gasteiger partial charge in [-0.2, -0.15) is 15.0 Å². The highest BCUT2D eigenvalue weighted by Gasteiger charge is 2.08. The van der Waals surface area contributed by atoms with Crippen molar-refractivity contribution in [3.63, 3.8) is 0 Å². The van der Waals surface area contributed by atoms with Gasteiger partial charge < -0.3 is 20.0 Å². The summed E-state index contributed by atoms with van der Waals surface area (Å²) in [6.45, 7) is 2.45.